The average molecular weight is 359 g/mol. The number of ether oxygens (including phenoxy) is 3. The summed E-state index contributed by atoms with van der Waals surface area (Å²) in [4.78, 5) is 13.9. The summed E-state index contributed by atoms with van der Waals surface area (Å²) in [6, 6.07) is 7.26. The number of rotatable bonds is 7. The van der Waals surface area contributed by atoms with E-state index < -0.39 is 6.04 Å². The molecule has 1 saturated heterocycles. The van der Waals surface area contributed by atoms with Gasteiger partial charge in [-0.15, -0.1) is 12.4 Å². The average Bonchev–Trinajstić information content (AvgIpc) is 2.60. The van der Waals surface area contributed by atoms with Gasteiger partial charge in [0.25, 0.3) is 0 Å². The van der Waals surface area contributed by atoms with E-state index in [2.05, 4.69) is 0 Å². The topological polar surface area (TPSA) is 74.0 Å². The molecule has 0 bridgehead atoms. The number of nitrogens with zero attached hydrogens (tertiary/aromatic N) is 1. The van der Waals surface area contributed by atoms with Crippen molar-refractivity contribution in [3.63, 3.8) is 0 Å². The summed E-state index contributed by atoms with van der Waals surface area (Å²) >= 11 is 0. The normalized spacial score (nSPS) is 16.4. The van der Waals surface area contributed by atoms with E-state index in [9.17, 15) is 4.79 Å². The first kappa shape index (κ1) is 20.7. The zero-order chi connectivity index (χ0) is 16.7. The van der Waals surface area contributed by atoms with Gasteiger partial charge in [0.05, 0.1) is 26.4 Å². The Morgan fingerprint density at radius 2 is 1.96 bits per heavy atom. The van der Waals surface area contributed by atoms with Crippen molar-refractivity contribution in [1.82, 2.24) is 4.90 Å². The SMILES string of the molecule is COCC(N)C(=O)N1CCC(OCc2ccccc2OC)CC1.Cl. The molecule has 1 fully saturated rings. The highest BCUT2D eigenvalue weighted by Crippen LogP contribution is 2.21. The summed E-state index contributed by atoms with van der Waals surface area (Å²) in [6.45, 7) is 2.12. The van der Waals surface area contributed by atoms with E-state index in [-0.39, 0.29) is 31.0 Å². The fourth-order valence-corrected chi connectivity index (χ4v) is 2.76. The Morgan fingerprint density at radius 1 is 1.29 bits per heavy atom. The molecule has 0 aliphatic carbocycles. The summed E-state index contributed by atoms with van der Waals surface area (Å²) < 4.78 is 16.2. The van der Waals surface area contributed by atoms with Crippen molar-refractivity contribution in [2.45, 2.75) is 31.6 Å². The molecule has 136 valence electrons. The van der Waals surface area contributed by atoms with E-state index in [0.29, 0.717) is 19.7 Å². The first-order chi connectivity index (χ1) is 11.2. The summed E-state index contributed by atoms with van der Waals surface area (Å²) in [6.07, 6.45) is 1.80. The van der Waals surface area contributed by atoms with Gasteiger partial charge in [0.2, 0.25) is 5.91 Å². The van der Waals surface area contributed by atoms with Crippen molar-refractivity contribution in [1.29, 1.82) is 0 Å². The number of hydrogen-bond donors (Lipinski definition) is 1. The van der Waals surface area contributed by atoms with Crippen molar-refractivity contribution in [3.8, 4) is 5.75 Å². The number of carbonyl (C=O) groups is 1. The minimum atomic E-state index is -0.578. The number of nitrogens with two attached hydrogens (primary N) is 1. The molecule has 1 amide bonds. The largest absolute Gasteiger partial charge is 0.496 e. The number of methoxy groups -OCH3 is 2. The van der Waals surface area contributed by atoms with Gasteiger partial charge in [-0.3, -0.25) is 4.79 Å². The van der Waals surface area contributed by atoms with E-state index in [0.717, 1.165) is 24.2 Å². The molecule has 24 heavy (non-hydrogen) atoms. The molecule has 1 heterocycles. The van der Waals surface area contributed by atoms with Gasteiger partial charge in [-0.1, -0.05) is 18.2 Å². The molecule has 1 aromatic carbocycles. The molecule has 1 atom stereocenters. The third kappa shape index (κ3) is 5.63. The second kappa shape index (κ2) is 10.5. The highest BCUT2D eigenvalue weighted by atomic mass is 35.5. The second-order valence-corrected chi connectivity index (χ2v) is 5.71. The second-order valence-electron chi connectivity index (χ2n) is 5.71. The maximum absolute atomic E-state index is 12.1. The van der Waals surface area contributed by atoms with Gasteiger partial charge in [-0.05, 0) is 18.9 Å². The van der Waals surface area contributed by atoms with Crippen LogP contribution in [-0.4, -0.2) is 56.9 Å². The maximum Gasteiger partial charge on any atom is 0.241 e. The predicted molar refractivity (Wildman–Crippen MR) is 94.5 cm³/mol. The molecule has 0 aromatic heterocycles. The molecule has 1 aromatic rings. The summed E-state index contributed by atoms with van der Waals surface area (Å²) in [5.74, 6) is 0.792. The van der Waals surface area contributed by atoms with Crippen molar-refractivity contribution < 1.29 is 19.0 Å². The number of likely N-dealkylation sites (tertiary alicyclic amines) is 1. The van der Waals surface area contributed by atoms with Crippen LogP contribution in [0.5, 0.6) is 5.75 Å². The molecule has 0 radical (unpaired) electrons. The van der Waals surface area contributed by atoms with Crippen LogP contribution in [0.4, 0.5) is 0 Å². The van der Waals surface area contributed by atoms with Crippen LogP contribution >= 0.6 is 12.4 Å². The molecule has 1 aliphatic rings. The zero-order valence-electron chi connectivity index (χ0n) is 14.3. The Labute approximate surface area is 149 Å². The Hall–Kier alpha value is -1.34. The van der Waals surface area contributed by atoms with Crippen LogP contribution in [0.25, 0.3) is 0 Å². The number of halogens is 1. The van der Waals surface area contributed by atoms with E-state index in [1.165, 1.54) is 0 Å². The molecule has 6 nitrogen and oxygen atoms in total. The molecule has 2 rings (SSSR count). The molecule has 0 spiro atoms. The number of hydrogen-bond acceptors (Lipinski definition) is 5. The minimum Gasteiger partial charge on any atom is -0.496 e. The first-order valence-corrected chi connectivity index (χ1v) is 7.92. The van der Waals surface area contributed by atoms with Crippen molar-refractivity contribution in [3.05, 3.63) is 29.8 Å². The lowest BCUT2D eigenvalue weighted by molar-refractivity contribution is -0.136. The third-order valence-electron chi connectivity index (χ3n) is 4.08. The third-order valence-corrected chi connectivity index (χ3v) is 4.08. The zero-order valence-corrected chi connectivity index (χ0v) is 15.1. The van der Waals surface area contributed by atoms with Crippen LogP contribution in [0.1, 0.15) is 18.4 Å². The van der Waals surface area contributed by atoms with Crippen molar-refractivity contribution in [2.24, 2.45) is 5.73 Å². The van der Waals surface area contributed by atoms with Crippen LogP contribution in [0.2, 0.25) is 0 Å². The van der Waals surface area contributed by atoms with Gasteiger partial charge in [0, 0.05) is 25.8 Å². The van der Waals surface area contributed by atoms with Crippen molar-refractivity contribution in [2.75, 3.05) is 33.9 Å². The van der Waals surface area contributed by atoms with E-state index in [1.807, 2.05) is 24.3 Å². The van der Waals surface area contributed by atoms with Crippen LogP contribution in [0.15, 0.2) is 24.3 Å². The lowest BCUT2D eigenvalue weighted by Gasteiger charge is -2.33. The number of amides is 1. The number of benzene rings is 1. The van der Waals surface area contributed by atoms with Crippen LogP contribution < -0.4 is 10.5 Å². The van der Waals surface area contributed by atoms with Gasteiger partial charge < -0.3 is 24.8 Å². The monoisotopic (exact) mass is 358 g/mol. The Kier molecular flexibility index (Phi) is 9.07. The predicted octanol–water partition coefficient (Wildman–Crippen LogP) is 1.60. The van der Waals surface area contributed by atoms with Crippen LogP contribution in [0, 0.1) is 0 Å². The fourth-order valence-electron chi connectivity index (χ4n) is 2.76. The van der Waals surface area contributed by atoms with E-state index in [1.54, 1.807) is 19.1 Å². The van der Waals surface area contributed by atoms with Gasteiger partial charge in [0.1, 0.15) is 11.8 Å². The summed E-state index contributed by atoms with van der Waals surface area (Å²) in [5, 5.41) is 0. The molecular weight excluding hydrogens is 332 g/mol. The van der Waals surface area contributed by atoms with Gasteiger partial charge in [-0.25, -0.2) is 0 Å². The molecular formula is C17H27ClN2O4. The van der Waals surface area contributed by atoms with Gasteiger partial charge in [-0.2, -0.15) is 0 Å². The minimum absolute atomic E-state index is 0. The highest BCUT2D eigenvalue weighted by molar-refractivity contribution is 5.85. The standard InChI is InChI=1S/C17H26N2O4.ClH/c1-21-12-15(18)17(20)19-9-7-14(8-10-19)23-11-13-5-3-4-6-16(13)22-2;/h3-6,14-15H,7-12,18H2,1-2H3;1H. The first-order valence-electron chi connectivity index (χ1n) is 7.92. The van der Waals surface area contributed by atoms with Crippen LogP contribution in [-0.2, 0) is 20.9 Å². The Balaban J connectivity index is 0.00000288. The molecule has 1 aliphatic heterocycles. The number of piperidine rings is 1. The Morgan fingerprint density at radius 3 is 2.58 bits per heavy atom. The molecule has 7 heteroatoms. The fraction of sp³-hybridized carbons (Fsp3) is 0.588. The van der Waals surface area contributed by atoms with E-state index in [4.69, 9.17) is 19.9 Å². The smallest absolute Gasteiger partial charge is 0.241 e. The molecule has 0 saturated carbocycles. The molecule has 2 N–H and O–H groups in total. The highest BCUT2D eigenvalue weighted by Gasteiger charge is 2.26. The van der Waals surface area contributed by atoms with Crippen LogP contribution in [0.3, 0.4) is 0 Å². The van der Waals surface area contributed by atoms with Gasteiger partial charge in [0.15, 0.2) is 0 Å². The van der Waals surface area contributed by atoms with E-state index >= 15 is 0 Å². The van der Waals surface area contributed by atoms with Crippen molar-refractivity contribution >= 4 is 18.3 Å². The lowest BCUT2D eigenvalue weighted by atomic mass is 10.1. The maximum atomic E-state index is 12.1. The summed E-state index contributed by atoms with van der Waals surface area (Å²) in [5.41, 5.74) is 6.84. The quantitative estimate of drug-likeness (QED) is 0.801. The van der Waals surface area contributed by atoms with Gasteiger partial charge >= 0.3 is 0 Å². The lowest BCUT2D eigenvalue weighted by Crippen LogP contribution is -2.49. The molecule has 1 unspecified atom stereocenters. The summed E-state index contributed by atoms with van der Waals surface area (Å²) in [7, 11) is 3.21. The Bertz CT molecular complexity index is 507. The number of carbonyl (C=O) groups excluding carboxylic acids is 1. The number of para-hydroxylation sites is 1.